The Bertz CT molecular complexity index is 1330. The molecule has 9 heteroatoms. The van der Waals surface area contributed by atoms with Crippen molar-refractivity contribution >= 4 is 16.7 Å². The average Bonchev–Trinajstić information content (AvgIpc) is 3.43. The van der Waals surface area contributed by atoms with Crippen molar-refractivity contribution in [1.29, 1.82) is 0 Å². The van der Waals surface area contributed by atoms with E-state index in [9.17, 15) is 9.18 Å². The Hall–Kier alpha value is -3.62. The molecule has 0 radical (unpaired) electrons. The number of aromatic nitrogens is 6. The van der Waals surface area contributed by atoms with Crippen LogP contribution in [0.4, 0.5) is 4.39 Å². The van der Waals surface area contributed by atoms with Gasteiger partial charge in [0.25, 0.3) is 5.56 Å². The zero-order valence-corrected chi connectivity index (χ0v) is 16.5. The van der Waals surface area contributed by atoms with Gasteiger partial charge in [-0.15, -0.1) is 0 Å². The first-order valence-corrected chi connectivity index (χ1v) is 9.65. The summed E-state index contributed by atoms with van der Waals surface area (Å²) >= 11 is 0. The highest BCUT2D eigenvalue weighted by atomic mass is 19.1. The van der Waals surface area contributed by atoms with Gasteiger partial charge < -0.3 is 9.09 Å². The van der Waals surface area contributed by atoms with Gasteiger partial charge in [0.15, 0.2) is 17.0 Å². The Morgan fingerprint density at radius 1 is 1.27 bits per heavy atom. The maximum absolute atomic E-state index is 13.6. The predicted octanol–water partition coefficient (Wildman–Crippen LogP) is 2.91. The molecule has 0 aliphatic heterocycles. The zero-order chi connectivity index (χ0) is 20.8. The van der Waals surface area contributed by atoms with Crippen molar-refractivity contribution in [3.8, 4) is 0 Å². The van der Waals surface area contributed by atoms with Crippen LogP contribution in [0.2, 0.25) is 0 Å². The number of rotatable bonds is 4. The number of benzene rings is 1. The number of allylic oxidation sites excluding steroid dienone is 2. The van der Waals surface area contributed by atoms with Crippen molar-refractivity contribution in [2.45, 2.75) is 25.8 Å². The van der Waals surface area contributed by atoms with Crippen LogP contribution in [0.5, 0.6) is 0 Å². The van der Waals surface area contributed by atoms with Crippen LogP contribution >= 0.6 is 0 Å². The van der Waals surface area contributed by atoms with Gasteiger partial charge in [0.2, 0.25) is 5.89 Å². The fourth-order valence-electron chi connectivity index (χ4n) is 3.97. The van der Waals surface area contributed by atoms with E-state index in [4.69, 9.17) is 4.52 Å². The van der Waals surface area contributed by atoms with E-state index in [1.165, 1.54) is 23.0 Å². The summed E-state index contributed by atoms with van der Waals surface area (Å²) in [4.78, 5) is 25.5. The number of hydrogen-bond donors (Lipinski definition) is 0. The Labute approximate surface area is 170 Å². The minimum atomic E-state index is -0.254. The molecule has 2 atom stereocenters. The molecule has 4 aromatic rings. The highest BCUT2D eigenvalue weighted by Gasteiger charge is 2.30. The second kappa shape index (κ2) is 7.01. The van der Waals surface area contributed by atoms with Crippen LogP contribution in [0.15, 0.2) is 52.3 Å². The minimum Gasteiger partial charge on any atom is -0.337 e. The van der Waals surface area contributed by atoms with E-state index in [-0.39, 0.29) is 29.8 Å². The summed E-state index contributed by atoms with van der Waals surface area (Å²) in [6, 6.07) is 6.59. The summed E-state index contributed by atoms with van der Waals surface area (Å²) in [6.45, 7) is 2.21. The van der Waals surface area contributed by atoms with Gasteiger partial charge in [-0.3, -0.25) is 9.36 Å². The summed E-state index contributed by atoms with van der Waals surface area (Å²) in [5.74, 6) is 0.888. The van der Waals surface area contributed by atoms with Gasteiger partial charge in [-0.1, -0.05) is 30.3 Å². The number of aryl methyl sites for hydroxylation is 1. The average molecular weight is 406 g/mol. The van der Waals surface area contributed by atoms with Gasteiger partial charge in [0.05, 0.1) is 6.33 Å². The van der Waals surface area contributed by atoms with Crippen molar-refractivity contribution in [1.82, 2.24) is 29.2 Å². The Morgan fingerprint density at radius 3 is 2.93 bits per heavy atom. The highest BCUT2D eigenvalue weighted by Crippen LogP contribution is 2.41. The Balaban J connectivity index is 1.37. The number of fused-ring (bicyclic) bond motifs is 1. The SMILES string of the molecule is C[C@@H]1C=C(c2cccc(F)c2)C[C@@H]1c1noc(Cn2cnc3ncn(C)c3c2=O)n1. The van der Waals surface area contributed by atoms with Crippen LogP contribution in [0.25, 0.3) is 16.7 Å². The predicted molar refractivity (Wildman–Crippen MR) is 107 cm³/mol. The molecule has 0 unspecified atom stereocenters. The van der Waals surface area contributed by atoms with E-state index in [2.05, 4.69) is 33.1 Å². The lowest BCUT2D eigenvalue weighted by atomic mass is 9.95. The summed E-state index contributed by atoms with van der Waals surface area (Å²) in [5, 5.41) is 4.14. The molecule has 1 aromatic carbocycles. The molecule has 0 saturated heterocycles. The lowest BCUT2D eigenvalue weighted by Gasteiger charge is -2.10. The van der Waals surface area contributed by atoms with Crippen molar-refractivity contribution in [2.24, 2.45) is 13.0 Å². The maximum Gasteiger partial charge on any atom is 0.280 e. The topological polar surface area (TPSA) is 91.6 Å². The van der Waals surface area contributed by atoms with Crippen LogP contribution in [0.3, 0.4) is 0 Å². The largest absolute Gasteiger partial charge is 0.337 e. The molecule has 0 N–H and O–H groups in total. The number of nitrogens with zero attached hydrogens (tertiary/aromatic N) is 6. The molecule has 0 spiro atoms. The van der Waals surface area contributed by atoms with E-state index in [0.717, 1.165) is 11.1 Å². The minimum absolute atomic E-state index is 0.0372. The van der Waals surface area contributed by atoms with Gasteiger partial charge in [0.1, 0.15) is 18.7 Å². The summed E-state index contributed by atoms with van der Waals surface area (Å²) in [5.41, 5.74) is 2.55. The second-order valence-corrected chi connectivity index (χ2v) is 7.62. The fourth-order valence-corrected chi connectivity index (χ4v) is 3.97. The van der Waals surface area contributed by atoms with Crippen molar-refractivity contribution in [2.75, 3.05) is 0 Å². The monoisotopic (exact) mass is 406 g/mol. The van der Waals surface area contributed by atoms with Gasteiger partial charge >= 0.3 is 0 Å². The molecule has 1 aliphatic rings. The van der Waals surface area contributed by atoms with E-state index >= 15 is 0 Å². The van der Waals surface area contributed by atoms with Crippen molar-refractivity contribution in [3.05, 3.63) is 76.4 Å². The summed E-state index contributed by atoms with van der Waals surface area (Å²) < 4.78 is 22.1. The second-order valence-electron chi connectivity index (χ2n) is 7.62. The lowest BCUT2D eigenvalue weighted by molar-refractivity contribution is 0.359. The zero-order valence-electron chi connectivity index (χ0n) is 16.5. The van der Waals surface area contributed by atoms with Crippen LogP contribution in [0, 0.1) is 11.7 Å². The first-order valence-electron chi connectivity index (χ1n) is 9.65. The molecular weight excluding hydrogens is 387 g/mol. The number of halogens is 1. The summed E-state index contributed by atoms with van der Waals surface area (Å²) in [6.07, 6.45) is 5.81. The smallest absolute Gasteiger partial charge is 0.280 e. The lowest BCUT2D eigenvalue weighted by Crippen LogP contribution is -2.22. The first-order chi connectivity index (χ1) is 14.5. The molecule has 3 aromatic heterocycles. The van der Waals surface area contributed by atoms with E-state index in [0.29, 0.717) is 29.3 Å². The molecule has 8 nitrogen and oxygen atoms in total. The molecular formula is C21H19FN6O2. The maximum atomic E-state index is 13.6. The van der Waals surface area contributed by atoms with Crippen LogP contribution in [-0.2, 0) is 13.6 Å². The fraction of sp³-hybridized carbons (Fsp3) is 0.286. The third kappa shape index (κ3) is 3.12. The molecule has 0 bridgehead atoms. The number of imidazole rings is 1. The molecule has 5 rings (SSSR count). The van der Waals surface area contributed by atoms with E-state index < -0.39 is 0 Å². The first kappa shape index (κ1) is 18.4. The standard InChI is InChI=1S/C21H19FN6O2/c1-12-6-14(13-4-3-5-15(22)7-13)8-16(12)19-25-17(30-26-19)9-28-11-24-20-18(21(28)29)27(2)10-23-20/h3-7,10-12,16H,8-9H2,1-2H3/t12-,16+/m1/s1. The molecule has 30 heavy (non-hydrogen) atoms. The molecule has 0 saturated carbocycles. The molecule has 0 fully saturated rings. The molecule has 152 valence electrons. The highest BCUT2D eigenvalue weighted by molar-refractivity contribution is 5.69. The third-order valence-corrected chi connectivity index (χ3v) is 5.56. The molecule has 0 amide bonds. The van der Waals surface area contributed by atoms with Gasteiger partial charge in [-0.2, -0.15) is 4.98 Å². The Morgan fingerprint density at radius 2 is 2.10 bits per heavy atom. The van der Waals surface area contributed by atoms with Crippen molar-refractivity contribution in [3.63, 3.8) is 0 Å². The van der Waals surface area contributed by atoms with E-state index in [1.54, 1.807) is 24.0 Å². The Kier molecular flexibility index (Phi) is 4.30. The summed E-state index contributed by atoms with van der Waals surface area (Å²) in [7, 11) is 1.75. The normalized spacial score (nSPS) is 18.8. The van der Waals surface area contributed by atoms with Crippen LogP contribution in [0.1, 0.15) is 36.5 Å². The molecule has 3 heterocycles. The van der Waals surface area contributed by atoms with Crippen LogP contribution in [-0.4, -0.2) is 29.2 Å². The van der Waals surface area contributed by atoms with Gasteiger partial charge in [-0.05, 0) is 35.6 Å². The van der Waals surface area contributed by atoms with E-state index in [1.807, 2.05) is 6.07 Å². The van der Waals surface area contributed by atoms with Gasteiger partial charge in [-0.25, -0.2) is 14.4 Å². The number of hydrogen-bond acceptors (Lipinski definition) is 6. The quantitative estimate of drug-likeness (QED) is 0.518. The van der Waals surface area contributed by atoms with Gasteiger partial charge in [0, 0.05) is 13.0 Å². The third-order valence-electron chi connectivity index (χ3n) is 5.56. The van der Waals surface area contributed by atoms with Crippen molar-refractivity contribution < 1.29 is 8.91 Å². The van der Waals surface area contributed by atoms with Crippen LogP contribution < -0.4 is 5.56 Å². The molecule has 1 aliphatic carbocycles.